The monoisotopic (exact) mass is 313 g/mol. The van der Waals surface area contributed by atoms with Crippen molar-refractivity contribution in [1.82, 2.24) is 0 Å². The summed E-state index contributed by atoms with van der Waals surface area (Å²) in [4.78, 5) is 0. The zero-order valence-corrected chi connectivity index (χ0v) is 14.3. The normalized spacial score (nSPS) is 12.0. The van der Waals surface area contributed by atoms with Gasteiger partial charge in [0.2, 0.25) is 0 Å². The van der Waals surface area contributed by atoms with E-state index < -0.39 is 0 Å². The Kier molecular flexibility index (Phi) is 6.48. The highest BCUT2D eigenvalue weighted by atomic mass is 16.5. The summed E-state index contributed by atoms with van der Waals surface area (Å²) < 4.78 is 11.0. The Labute approximate surface area is 139 Å². The van der Waals surface area contributed by atoms with Crippen molar-refractivity contribution in [3.05, 3.63) is 59.2 Å². The van der Waals surface area contributed by atoms with Gasteiger partial charge in [0, 0.05) is 5.92 Å². The van der Waals surface area contributed by atoms with Crippen LogP contribution in [0.4, 0.5) is 0 Å². The molecule has 0 aliphatic heterocycles. The summed E-state index contributed by atoms with van der Waals surface area (Å²) in [6.45, 7) is 5.43. The van der Waals surface area contributed by atoms with E-state index in [0.29, 0.717) is 13.2 Å². The third-order valence-electron chi connectivity index (χ3n) is 4.14. The molecular formula is C20H27NO2. The van der Waals surface area contributed by atoms with E-state index in [1.807, 2.05) is 19.1 Å². The van der Waals surface area contributed by atoms with Gasteiger partial charge >= 0.3 is 0 Å². The lowest BCUT2D eigenvalue weighted by molar-refractivity contribution is 0.340. The molecule has 0 heterocycles. The minimum absolute atomic E-state index is 0.245. The fourth-order valence-corrected chi connectivity index (χ4v) is 2.82. The van der Waals surface area contributed by atoms with Crippen LogP contribution in [0.15, 0.2) is 42.5 Å². The van der Waals surface area contributed by atoms with E-state index in [1.165, 1.54) is 16.7 Å². The van der Waals surface area contributed by atoms with Crippen LogP contribution in [0.25, 0.3) is 0 Å². The van der Waals surface area contributed by atoms with Gasteiger partial charge in [-0.1, -0.05) is 31.2 Å². The molecule has 2 aromatic rings. The van der Waals surface area contributed by atoms with Gasteiger partial charge in [0.25, 0.3) is 0 Å². The van der Waals surface area contributed by atoms with Crippen molar-refractivity contribution in [2.45, 2.75) is 32.6 Å². The molecule has 0 fully saturated rings. The zero-order chi connectivity index (χ0) is 16.7. The van der Waals surface area contributed by atoms with Crippen LogP contribution in [-0.2, 0) is 12.8 Å². The molecule has 0 aromatic heterocycles. The Morgan fingerprint density at radius 3 is 2.26 bits per heavy atom. The molecule has 3 heteroatoms. The smallest absolute Gasteiger partial charge is 0.122 e. The Bertz CT molecular complexity index is 608. The number of ether oxygens (including phenoxy) is 2. The molecule has 1 unspecified atom stereocenters. The van der Waals surface area contributed by atoms with Gasteiger partial charge < -0.3 is 15.2 Å². The van der Waals surface area contributed by atoms with Crippen molar-refractivity contribution in [3.8, 4) is 11.5 Å². The molecule has 0 spiro atoms. The summed E-state index contributed by atoms with van der Waals surface area (Å²) in [5.41, 5.74) is 9.83. The van der Waals surface area contributed by atoms with Crippen LogP contribution in [0, 0.1) is 0 Å². The summed E-state index contributed by atoms with van der Waals surface area (Å²) in [6.07, 6.45) is 1.91. The first kappa shape index (κ1) is 17.4. The molecule has 0 bridgehead atoms. The fourth-order valence-electron chi connectivity index (χ4n) is 2.82. The van der Waals surface area contributed by atoms with E-state index in [2.05, 4.69) is 37.3 Å². The quantitative estimate of drug-likeness (QED) is 0.803. The van der Waals surface area contributed by atoms with E-state index in [0.717, 1.165) is 24.3 Å². The lowest BCUT2D eigenvalue weighted by Crippen LogP contribution is -2.16. The second kappa shape index (κ2) is 8.59. The van der Waals surface area contributed by atoms with Gasteiger partial charge in [0.05, 0.1) is 13.7 Å². The minimum Gasteiger partial charge on any atom is -0.496 e. The maximum absolute atomic E-state index is 6.07. The van der Waals surface area contributed by atoms with E-state index in [4.69, 9.17) is 15.2 Å². The van der Waals surface area contributed by atoms with Crippen LogP contribution in [0.1, 0.15) is 36.5 Å². The first-order chi connectivity index (χ1) is 11.2. The van der Waals surface area contributed by atoms with Crippen LogP contribution >= 0.6 is 0 Å². The predicted octanol–water partition coefficient (Wildman–Crippen LogP) is 3.94. The van der Waals surface area contributed by atoms with Crippen molar-refractivity contribution >= 4 is 0 Å². The summed E-state index contributed by atoms with van der Waals surface area (Å²) in [6, 6.07) is 14.7. The van der Waals surface area contributed by atoms with Crippen LogP contribution in [0.5, 0.6) is 11.5 Å². The molecule has 2 aromatic carbocycles. The van der Waals surface area contributed by atoms with Crippen molar-refractivity contribution in [2.24, 2.45) is 5.73 Å². The molecule has 0 saturated carbocycles. The van der Waals surface area contributed by atoms with E-state index in [-0.39, 0.29) is 5.92 Å². The zero-order valence-electron chi connectivity index (χ0n) is 14.3. The van der Waals surface area contributed by atoms with Crippen LogP contribution in [0.3, 0.4) is 0 Å². The number of methoxy groups -OCH3 is 1. The molecule has 2 N–H and O–H groups in total. The highest BCUT2D eigenvalue weighted by molar-refractivity contribution is 5.41. The fraction of sp³-hybridized carbons (Fsp3) is 0.400. The maximum atomic E-state index is 6.07. The van der Waals surface area contributed by atoms with Gasteiger partial charge in [-0.3, -0.25) is 0 Å². The summed E-state index contributed by atoms with van der Waals surface area (Å²) in [7, 11) is 1.72. The van der Waals surface area contributed by atoms with Crippen molar-refractivity contribution in [2.75, 3.05) is 20.3 Å². The van der Waals surface area contributed by atoms with Gasteiger partial charge in [-0.2, -0.15) is 0 Å². The van der Waals surface area contributed by atoms with Gasteiger partial charge in [-0.05, 0) is 61.2 Å². The first-order valence-corrected chi connectivity index (χ1v) is 8.30. The van der Waals surface area contributed by atoms with E-state index in [1.54, 1.807) is 7.11 Å². The number of rotatable bonds is 8. The molecule has 0 amide bonds. The highest BCUT2D eigenvalue weighted by Gasteiger charge is 2.16. The molecule has 1 atom stereocenters. The van der Waals surface area contributed by atoms with Crippen molar-refractivity contribution in [3.63, 3.8) is 0 Å². The first-order valence-electron chi connectivity index (χ1n) is 8.30. The standard InChI is InChI=1S/C20H27NO2/c1-4-15-8-11-20(22-3)19(13-15)17(14-21)12-16-6-9-18(10-7-16)23-5-2/h6-11,13,17H,4-5,12,14,21H2,1-3H3. The Hall–Kier alpha value is -2.00. The number of aryl methyl sites for hydroxylation is 1. The van der Waals surface area contributed by atoms with Crippen molar-refractivity contribution in [1.29, 1.82) is 0 Å². The topological polar surface area (TPSA) is 44.5 Å². The summed E-state index contributed by atoms with van der Waals surface area (Å²) in [5.74, 6) is 2.07. The average molecular weight is 313 g/mol. The third kappa shape index (κ3) is 4.49. The summed E-state index contributed by atoms with van der Waals surface area (Å²) >= 11 is 0. The third-order valence-corrected chi connectivity index (χ3v) is 4.14. The molecule has 3 nitrogen and oxygen atoms in total. The minimum atomic E-state index is 0.245. The lowest BCUT2D eigenvalue weighted by Gasteiger charge is -2.19. The number of benzene rings is 2. The van der Waals surface area contributed by atoms with Gasteiger partial charge in [-0.25, -0.2) is 0 Å². The molecule has 0 aliphatic carbocycles. The second-order valence-electron chi connectivity index (χ2n) is 5.64. The predicted molar refractivity (Wildman–Crippen MR) is 95.5 cm³/mol. The molecule has 23 heavy (non-hydrogen) atoms. The maximum Gasteiger partial charge on any atom is 0.122 e. The second-order valence-corrected chi connectivity index (χ2v) is 5.64. The molecule has 0 aliphatic rings. The Morgan fingerprint density at radius 2 is 1.70 bits per heavy atom. The van der Waals surface area contributed by atoms with Gasteiger partial charge in [0.1, 0.15) is 11.5 Å². The van der Waals surface area contributed by atoms with E-state index in [9.17, 15) is 0 Å². The van der Waals surface area contributed by atoms with Gasteiger partial charge in [-0.15, -0.1) is 0 Å². The summed E-state index contributed by atoms with van der Waals surface area (Å²) in [5, 5.41) is 0. The van der Waals surface area contributed by atoms with Gasteiger partial charge in [0.15, 0.2) is 0 Å². The Morgan fingerprint density at radius 1 is 1.00 bits per heavy atom. The average Bonchev–Trinajstić information content (AvgIpc) is 2.60. The SMILES string of the molecule is CCOc1ccc(CC(CN)c2cc(CC)ccc2OC)cc1. The largest absolute Gasteiger partial charge is 0.496 e. The molecule has 0 saturated heterocycles. The van der Waals surface area contributed by atoms with E-state index >= 15 is 0 Å². The molecular weight excluding hydrogens is 286 g/mol. The number of hydrogen-bond acceptors (Lipinski definition) is 3. The molecule has 0 radical (unpaired) electrons. The molecule has 2 rings (SSSR count). The highest BCUT2D eigenvalue weighted by Crippen LogP contribution is 2.30. The van der Waals surface area contributed by atoms with Crippen molar-refractivity contribution < 1.29 is 9.47 Å². The number of nitrogens with two attached hydrogens (primary N) is 1. The Balaban J connectivity index is 2.22. The lowest BCUT2D eigenvalue weighted by atomic mass is 9.90. The van der Waals surface area contributed by atoms with Crippen LogP contribution in [-0.4, -0.2) is 20.3 Å². The molecule has 124 valence electrons. The van der Waals surface area contributed by atoms with Crippen LogP contribution < -0.4 is 15.2 Å². The number of hydrogen-bond donors (Lipinski definition) is 1. The van der Waals surface area contributed by atoms with Crippen LogP contribution in [0.2, 0.25) is 0 Å².